The van der Waals surface area contributed by atoms with E-state index in [4.69, 9.17) is 10.5 Å². The Hall–Kier alpha value is -1.92. The molecule has 2 aromatic rings. The van der Waals surface area contributed by atoms with E-state index >= 15 is 0 Å². The summed E-state index contributed by atoms with van der Waals surface area (Å²) >= 11 is 0. The first kappa shape index (κ1) is 14.7. The maximum atomic E-state index is 5.84. The van der Waals surface area contributed by atoms with Crippen LogP contribution in [0.2, 0.25) is 0 Å². The fourth-order valence-electron chi connectivity index (χ4n) is 3.55. The molecule has 1 aromatic carbocycles. The molecule has 0 spiro atoms. The number of nitrogens with zero attached hydrogens (tertiary/aromatic N) is 4. The lowest BCUT2D eigenvalue weighted by atomic mass is 10.1. The number of nitrogens with two attached hydrogens (primary N) is 1. The maximum Gasteiger partial charge on any atom is 0.103 e. The molecule has 0 amide bonds. The third-order valence-electron chi connectivity index (χ3n) is 4.77. The van der Waals surface area contributed by atoms with Gasteiger partial charge in [-0.05, 0) is 49.9 Å². The average molecular weight is 313 g/mol. The van der Waals surface area contributed by atoms with Crippen molar-refractivity contribution >= 4 is 5.69 Å². The summed E-state index contributed by atoms with van der Waals surface area (Å²) in [6, 6.07) is 8.57. The Labute approximate surface area is 136 Å². The minimum absolute atomic E-state index is 0.0572. The second-order valence-corrected chi connectivity index (χ2v) is 6.25. The zero-order valence-corrected chi connectivity index (χ0v) is 13.3. The third kappa shape index (κ3) is 2.72. The van der Waals surface area contributed by atoms with Gasteiger partial charge in [-0.3, -0.25) is 0 Å². The Balaban J connectivity index is 1.65. The SMILES string of the molecule is NCc1nnn(-c2ccc(N3CCCC3)cc2)c1C1CCCO1. The molecule has 122 valence electrons. The molecular weight excluding hydrogens is 290 g/mol. The number of benzene rings is 1. The quantitative estimate of drug-likeness (QED) is 0.937. The summed E-state index contributed by atoms with van der Waals surface area (Å²) < 4.78 is 7.74. The van der Waals surface area contributed by atoms with Crippen molar-refractivity contribution in [2.75, 3.05) is 24.6 Å². The third-order valence-corrected chi connectivity index (χ3v) is 4.77. The molecule has 2 aliphatic heterocycles. The van der Waals surface area contributed by atoms with Crippen molar-refractivity contribution in [1.29, 1.82) is 0 Å². The lowest BCUT2D eigenvalue weighted by molar-refractivity contribution is 0.106. The van der Waals surface area contributed by atoms with Gasteiger partial charge in [0.1, 0.15) is 11.8 Å². The zero-order chi connectivity index (χ0) is 15.6. The number of hydrogen-bond donors (Lipinski definition) is 1. The largest absolute Gasteiger partial charge is 0.372 e. The van der Waals surface area contributed by atoms with Gasteiger partial charge in [0.15, 0.2) is 0 Å². The standard InChI is InChI=1S/C17H23N5O/c18-12-15-17(16-4-3-11-23-16)22(20-19-15)14-7-5-13(6-8-14)21-9-1-2-10-21/h5-8,16H,1-4,9-12,18H2. The van der Waals surface area contributed by atoms with Crippen LogP contribution in [0.25, 0.3) is 5.69 Å². The van der Waals surface area contributed by atoms with Crippen LogP contribution in [0.15, 0.2) is 24.3 Å². The summed E-state index contributed by atoms with van der Waals surface area (Å²) in [4.78, 5) is 2.43. The molecule has 2 fully saturated rings. The highest BCUT2D eigenvalue weighted by molar-refractivity contribution is 5.51. The number of anilines is 1. The van der Waals surface area contributed by atoms with Crippen molar-refractivity contribution < 1.29 is 4.74 Å². The minimum atomic E-state index is 0.0572. The van der Waals surface area contributed by atoms with Crippen molar-refractivity contribution in [2.24, 2.45) is 5.73 Å². The van der Waals surface area contributed by atoms with E-state index < -0.39 is 0 Å². The topological polar surface area (TPSA) is 69.2 Å². The maximum absolute atomic E-state index is 5.84. The number of rotatable bonds is 4. The van der Waals surface area contributed by atoms with Crippen LogP contribution in [-0.4, -0.2) is 34.7 Å². The molecule has 6 nitrogen and oxygen atoms in total. The van der Waals surface area contributed by atoms with Crippen LogP contribution in [0.4, 0.5) is 5.69 Å². The summed E-state index contributed by atoms with van der Waals surface area (Å²) in [5, 5.41) is 8.58. The Bertz CT molecular complexity index is 654. The van der Waals surface area contributed by atoms with Gasteiger partial charge < -0.3 is 15.4 Å². The zero-order valence-electron chi connectivity index (χ0n) is 13.3. The van der Waals surface area contributed by atoms with Crippen molar-refractivity contribution in [3.63, 3.8) is 0 Å². The van der Waals surface area contributed by atoms with E-state index in [1.807, 2.05) is 4.68 Å². The van der Waals surface area contributed by atoms with Crippen molar-refractivity contribution in [3.05, 3.63) is 35.7 Å². The molecule has 0 saturated carbocycles. The van der Waals surface area contributed by atoms with Gasteiger partial charge in [-0.15, -0.1) is 5.10 Å². The lowest BCUT2D eigenvalue weighted by Gasteiger charge is -2.18. The van der Waals surface area contributed by atoms with Crippen LogP contribution in [-0.2, 0) is 11.3 Å². The number of ether oxygens (including phenoxy) is 1. The van der Waals surface area contributed by atoms with Gasteiger partial charge >= 0.3 is 0 Å². The first-order valence-electron chi connectivity index (χ1n) is 8.48. The summed E-state index contributed by atoms with van der Waals surface area (Å²) in [7, 11) is 0. The van der Waals surface area contributed by atoms with E-state index in [-0.39, 0.29) is 6.10 Å². The van der Waals surface area contributed by atoms with E-state index in [0.717, 1.165) is 49.6 Å². The molecule has 1 aromatic heterocycles. The van der Waals surface area contributed by atoms with Crippen LogP contribution in [0.3, 0.4) is 0 Å². The highest BCUT2D eigenvalue weighted by Crippen LogP contribution is 2.32. The monoisotopic (exact) mass is 313 g/mol. The van der Waals surface area contributed by atoms with Crippen LogP contribution < -0.4 is 10.6 Å². The summed E-state index contributed by atoms with van der Waals surface area (Å²) in [5.41, 5.74) is 9.99. The van der Waals surface area contributed by atoms with Gasteiger partial charge in [-0.2, -0.15) is 0 Å². The lowest BCUT2D eigenvalue weighted by Crippen LogP contribution is -2.17. The van der Waals surface area contributed by atoms with Gasteiger partial charge in [-0.1, -0.05) is 5.21 Å². The van der Waals surface area contributed by atoms with Crippen molar-refractivity contribution in [3.8, 4) is 5.69 Å². The molecule has 3 heterocycles. The average Bonchev–Trinajstić information content (AvgIpc) is 3.34. The smallest absolute Gasteiger partial charge is 0.103 e. The van der Waals surface area contributed by atoms with Crippen LogP contribution in [0.1, 0.15) is 43.2 Å². The second-order valence-electron chi connectivity index (χ2n) is 6.25. The van der Waals surface area contributed by atoms with Crippen LogP contribution in [0, 0.1) is 0 Å². The van der Waals surface area contributed by atoms with Gasteiger partial charge in [0.05, 0.1) is 11.4 Å². The summed E-state index contributed by atoms with van der Waals surface area (Å²) in [5.74, 6) is 0. The number of hydrogen-bond acceptors (Lipinski definition) is 5. The van der Waals surface area contributed by atoms with Crippen molar-refractivity contribution in [2.45, 2.75) is 38.3 Å². The molecule has 2 N–H and O–H groups in total. The molecule has 6 heteroatoms. The second kappa shape index (κ2) is 6.29. The van der Waals surface area contributed by atoms with E-state index in [2.05, 4.69) is 39.5 Å². The molecule has 0 bridgehead atoms. The molecule has 1 unspecified atom stereocenters. The van der Waals surface area contributed by atoms with Gasteiger partial charge in [0, 0.05) is 31.9 Å². The summed E-state index contributed by atoms with van der Waals surface area (Å²) in [6.45, 7) is 3.50. The predicted octanol–water partition coefficient (Wildman–Crippen LogP) is 2.18. The van der Waals surface area contributed by atoms with E-state index in [1.165, 1.54) is 18.5 Å². The first-order valence-corrected chi connectivity index (χ1v) is 8.48. The Morgan fingerprint density at radius 3 is 2.48 bits per heavy atom. The van der Waals surface area contributed by atoms with E-state index in [9.17, 15) is 0 Å². The highest BCUT2D eigenvalue weighted by Gasteiger charge is 2.26. The van der Waals surface area contributed by atoms with Crippen LogP contribution in [0.5, 0.6) is 0 Å². The van der Waals surface area contributed by atoms with Crippen LogP contribution >= 0.6 is 0 Å². The first-order chi connectivity index (χ1) is 11.4. The molecule has 4 rings (SSSR count). The molecule has 2 aliphatic rings. The highest BCUT2D eigenvalue weighted by atomic mass is 16.5. The van der Waals surface area contributed by atoms with Gasteiger partial charge in [0.25, 0.3) is 0 Å². The molecule has 0 aliphatic carbocycles. The normalized spacial score (nSPS) is 21.3. The molecule has 1 atom stereocenters. The molecule has 2 saturated heterocycles. The fourth-order valence-corrected chi connectivity index (χ4v) is 3.55. The van der Waals surface area contributed by atoms with E-state index in [1.54, 1.807) is 0 Å². The Morgan fingerprint density at radius 1 is 1.09 bits per heavy atom. The van der Waals surface area contributed by atoms with Crippen molar-refractivity contribution in [1.82, 2.24) is 15.0 Å². The van der Waals surface area contributed by atoms with Gasteiger partial charge in [0.2, 0.25) is 0 Å². The predicted molar refractivity (Wildman–Crippen MR) is 88.6 cm³/mol. The fraction of sp³-hybridized carbons (Fsp3) is 0.529. The van der Waals surface area contributed by atoms with E-state index in [0.29, 0.717) is 6.54 Å². The molecule has 23 heavy (non-hydrogen) atoms. The molecular formula is C17H23N5O. The molecule has 0 radical (unpaired) electrons. The number of aromatic nitrogens is 3. The minimum Gasteiger partial charge on any atom is -0.372 e. The Kier molecular flexibility index (Phi) is 4.01. The Morgan fingerprint density at radius 2 is 1.83 bits per heavy atom. The van der Waals surface area contributed by atoms with Gasteiger partial charge in [-0.25, -0.2) is 4.68 Å². The summed E-state index contributed by atoms with van der Waals surface area (Å²) in [6.07, 6.45) is 4.71.